The first-order valence-corrected chi connectivity index (χ1v) is 5.14. The fourth-order valence-corrected chi connectivity index (χ4v) is 1.80. The summed E-state index contributed by atoms with van der Waals surface area (Å²) in [5.74, 6) is 0. The Kier molecular flexibility index (Phi) is 3.28. The van der Waals surface area contributed by atoms with Gasteiger partial charge in [-0.1, -0.05) is 24.3 Å². The predicted octanol–water partition coefficient (Wildman–Crippen LogP) is 2.37. The average molecular weight is 203 g/mol. The largest absolute Gasteiger partial charge is 0.374 e. The fraction of sp³-hybridized carbons (Fsp3) is 0.417. The molecule has 1 heterocycles. The number of benzene rings is 1. The van der Waals surface area contributed by atoms with E-state index in [4.69, 9.17) is 4.74 Å². The van der Waals surface area contributed by atoms with Crippen LogP contribution in [0.1, 0.15) is 30.1 Å². The molecule has 0 saturated carbocycles. The zero-order valence-electron chi connectivity index (χ0n) is 8.48. The molecular weight excluding hydrogens is 190 g/mol. The van der Waals surface area contributed by atoms with Crippen molar-refractivity contribution < 1.29 is 9.53 Å². The van der Waals surface area contributed by atoms with Crippen LogP contribution < -0.4 is 0 Å². The normalized spacial score (nSPS) is 19.9. The highest BCUT2D eigenvalue weighted by Crippen LogP contribution is 2.28. The third kappa shape index (κ3) is 2.52. The molecule has 1 aliphatic rings. The Bertz CT molecular complexity index is 360. The number of isocyanates is 1. The van der Waals surface area contributed by atoms with Crippen molar-refractivity contribution in [3.63, 3.8) is 0 Å². The van der Waals surface area contributed by atoms with Gasteiger partial charge in [0.2, 0.25) is 6.08 Å². The SMILES string of the molecule is O=C=NCc1ccc(C2CCCO2)cc1. The molecule has 0 radical (unpaired) electrons. The molecule has 0 aliphatic carbocycles. The second-order valence-electron chi connectivity index (χ2n) is 3.65. The summed E-state index contributed by atoms with van der Waals surface area (Å²) in [4.78, 5) is 13.5. The number of carbonyl (C=O) groups excluding carboxylic acids is 1. The van der Waals surface area contributed by atoms with E-state index >= 15 is 0 Å². The molecule has 0 aromatic heterocycles. The summed E-state index contributed by atoms with van der Waals surface area (Å²) in [6.07, 6.45) is 4.04. The fourth-order valence-electron chi connectivity index (χ4n) is 1.80. The maximum atomic E-state index is 9.94. The molecule has 1 saturated heterocycles. The molecule has 0 N–H and O–H groups in total. The van der Waals surface area contributed by atoms with Crippen molar-refractivity contribution in [1.82, 2.24) is 0 Å². The molecule has 0 bridgehead atoms. The van der Waals surface area contributed by atoms with Crippen LogP contribution in [0.15, 0.2) is 29.3 Å². The minimum atomic E-state index is 0.258. The van der Waals surface area contributed by atoms with Crippen LogP contribution in [0.2, 0.25) is 0 Å². The van der Waals surface area contributed by atoms with E-state index in [2.05, 4.69) is 4.99 Å². The summed E-state index contributed by atoms with van der Waals surface area (Å²) in [6.45, 7) is 1.27. The average Bonchev–Trinajstić information content (AvgIpc) is 2.80. The molecule has 0 amide bonds. The zero-order chi connectivity index (χ0) is 10.5. The van der Waals surface area contributed by atoms with Crippen molar-refractivity contribution in [2.75, 3.05) is 6.61 Å². The first-order valence-electron chi connectivity index (χ1n) is 5.14. The minimum absolute atomic E-state index is 0.258. The number of hydrogen-bond donors (Lipinski definition) is 0. The maximum absolute atomic E-state index is 9.94. The number of ether oxygens (including phenoxy) is 1. The van der Waals surface area contributed by atoms with Crippen molar-refractivity contribution in [2.45, 2.75) is 25.5 Å². The molecule has 3 heteroatoms. The van der Waals surface area contributed by atoms with Gasteiger partial charge in [0.15, 0.2) is 0 Å². The Morgan fingerprint density at radius 2 is 2.20 bits per heavy atom. The lowest BCUT2D eigenvalue weighted by Gasteiger charge is -2.09. The summed E-state index contributed by atoms with van der Waals surface area (Å²) in [6, 6.07) is 8.06. The topological polar surface area (TPSA) is 38.7 Å². The highest BCUT2D eigenvalue weighted by Gasteiger charge is 2.16. The second kappa shape index (κ2) is 4.87. The van der Waals surface area contributed by atoms with Crippen LogP contribution in [0.3, 0.4) is 0 Å². The van der Waals surface area contributed by atoms with Crippen LogP contribution in [0.25, 0.3) is 0 Å². The Balaban J connectivity index is 2.05. The van der Waals surface area contributed by atoms with Crippen molar-refractivity contribution in [1.29, 1.82) is 0 Å². The van der Waals surface area contributed by atoms with Crippen LogP contribution >= 0.6 is 0 Å². The van der Waals surface area contributed by atoms with Crippen LogP contribution in [0.5, 0.6) is 0 Å². The van der Waals surface area contributed by atoms with Crippen LogP contribution in [-0.4, -0.2) is 12.7 Å². The lowest BCUT2D eigenvalue weighted by atomic mass is 10.0. The number of nitrogens with zero attached hydrogens (tertiary/aromatic N) is 1. The third-order valence-corrected chi connectivity index (χ3v) is 2.61. The standard InChI is InChI=1S/C12H13NO2/c14-9-13-8-10-3-5-11(6-4-10)12-2-1-7-15-12/h3-6,12H,1-2,7-8H2. The Morgan fingerprint density at radius 3 is 2.80 bits per heavy atom. The Morgan fingerprint density at radius 1 is 1.40 bits per heavy atom. The van der Waals surface area contributed by atoms with Crippen LogP contribution in [-0.2, 0) is 16.1 Å². The molecule has 1 aromatic rings. The van der Waals surface area contributed by atoms with Gasteiger partial charge >= 0.3 is 0 Å². The quantitative estimate of drug-likeness (QED) is 0.558. The molecule has 1 aromatic carbocycles. The summed E-state index contributed by atoms with van der Waals surface area (Å²) >= 11 is 0. The molecule has 1 aliphatic heterocycles. The molecule has 78 valence electrons. The highest BCUT2D eigenvalue weighted by molar-refractivity contribution is 5.34. The first kappa shape index (κ1) is 10.1. The van der Waals surface area contributed by atoms with Crippen LogP contribution in [0.4, 0.5) is 0 Å². The van der Waals surface area contributed by atoms with Gasteiger partial charge in [-0.25, -0.2) is 9.79 Å². The molecule has 1 atom stereocenters. The van der Waals surface area contributed by atoms with Gasteiger partial charge in [-0.15, -0.1) is 0 Å². The Hall–Kier alpha value is -1.44. The Labute approximate surface area is 88.8 Å². The van der Waals surface area contributed by atoms with E-state index in [-0.39, 0.29) is 6.10 Å². The zero-order valence-corrected chi connectivity index (χ0v) is 8.48. The second-order valence-corrected chi connectivity index (χ2v) is 3.65. The van der Waals surface area contributed by atoms with E-state index < -0.39 is 0 Å². The molecular formula is C12H13NO2. The molecule has 15 heavy (non-hydrogen) atoms. The van der Waals surface area contributed by atoms with Gasteiger partial charge in [0, 0.05) is 6.61 Å². The molecule has 1 unspecified atom stereocenters. The van der Waals surface area contributed by atoms with E-state index in [9.17, 15) is 4.79 Å². The van der Waals surface area contributed by atoms with Gasteiger partial charge in [0.05, 0.1) is 12.6 Å². The van der Waals surface area contributed by atoms with Crippen molar-refractivity contribution in [2.24, 2.45) is 4.99 Å². The summed E-state index contributed by atoms with van der Waals surface area (Å²) < 4.78 is 5.57. The van der Waals surface area contributed by atoms with E-state index in [1.54, 1.807) is 0 Å². The van der Waals surface area contributed by atoms with Crippen LogP contribution in [0, 0.1) is 0 Å². The van der Waals surface area contributed by atoms with Gasteiger partial charge < -0.3 is 4.74 Å². The van der Waals surface area contributed by atoms with Gasteiger partial charge in [-0.3, -0.25) is 0 Å². The number of hydrogen-bond acceptors (Lipinski definition) is 3. The van der Waals surface area contributed by atoms with E-state index in [1.165, 1.54) is 11.6 Å². The van der Waals surface area contributed by atoms with Gasteiger partial charge in [-0.05, 0) is 24.0 Å². The summed E-state index contributed by atoms with van der Waals surface area (Å²) in [5.41, 5.74) is 2.24. The lowest BCUT2D eigenvalue weighted by molar-refractivity contribution is 0.112. The van der Waals surface area contributed by atoms with E-state index in [0.717, 1.165) is 25.0 Å². The maximum Gasteiger partial charge on any atom is 0.235 e. The van der Waals surface area contributed by atoms with E-state index in [0.29, 0.717) is 6.54 Å². The predicted molar refractivity (Wildman–Crippen MR) is 56.2 cm³/mol. The minimum Gasteiger partial charge on any atom is -0.374 e. The highest BCUT2D eigenvalue weighted by atomic mass is 16.5. The first-order chi connectivity index (χ1) is 7.40. The van der Waals surface area contributed by atoms with Gasteiger partial charge in [0.1, 0.15) is 0 Å². The molecule has 3 nitrogen and oxygen atoms in total. The lowest BCUT2D eigenvalue weighted by Crippen LogP contribution is -1.95. The van der Waals surface area contributed by atoms with Crippen molar-refractivity contribution >= 4 is 6.08 Å². The summed E-state index contributed by atoms with van der Waals surface area (Å²) in [5, 5.41) is 0. The number of rotatable bonds is 3. The van der Waals surface area contributed by atoms with Gasteiger partial charge in [-0.2, -0.15) is 0 Å². The van der Waals surface area contributed by atoms with Crippen molar-refractivity contribution in [3.8, 4) is 0 Å². The molecule has 1 fully saturated rings. The van der Waals surface area contributed by atoms with E-state index in [1.807, 2.05) is 24.3 Å². The molecule has 2 rings (SSSR count). The number of aliphatic imine (C=N–C) groups is 1. The van der Waals surface area contributed by atoms with Gasteiger partial charge in [0.25, 0.3) is 0 Å². The molecule has 0 spiro atoms. The van der Waals surface area contributed by atoms with Crippen molar-refractivity contribution in [3.05, 3.63) is 35.4 Å². The third-order valence-electron chi connectivity index (χ3n) is 2.61. The summed E-state index contributed by atoms with van der Waals surface area (Å²) in [7, 11) is 0. The monoisotopic (exact) mass is 203 g/mol. The smallest absolute Gasteiger partial charge is 0.235 e.